The summed E-state index contributed by atoms with van der Waals surface area (Å²) in [7, 11) is -2.12. The van der Waals surface area contributed by atoms with Gasteiger partial charge in [-0.2, -0.15) is 0 Å². The van der Waals surface area contributed by atoms with Gasteiger partial charge in [0.1, 0.15) is 11.3 Å². The summed E-state index contributed by atoms with van der Waals surface area (Å²) in [5, 5.41) is 2.90. The van der Waals surface area contributed by atoms with Crippen molar-refractivity contribution in [3.8, 4) is 5.75 Å². The van der Waals surface area contributed by atoms with Crippen molar-refractivity contribution in [2.24, 2.45) is 5.92 Å². The van der Waals surface area contributed by atoms with Crippen molar-refractivity contribution in [2.45, 2.75) is 77.0 Å². The van der Waals surface area contributed by atoms with Crippen molar-refractivity contribution < 1.29 is 27.5 Å². The molecule has 0 unspecified atom stereocenters. The lowest BCUT2D eigenvalue weighted by Crippen LogP contribution is -2.47. The highest BCUT2D eigenvalue weighted by Crippen LogP contribution is 2.29. The zero-order valence-corrected chi connectivity index (χ0v) is 20.5. The fraction of sp³-hybridized carbons (Fsp3) is 0.652. The highest BCUT2D eigenvalue weighted by atomic mass is 32.2. The van der Waals surface area contributed by atoms with Crippen LogP contribution in [0.2, 0.25) is 0 Å². The fourth-order valence-electron chi connectivity index (χ4n) is 3.50. The van der Waals surface area contributed by atoms with Crippen molar-refractivity contribution in [1.29, 1.82) is 0 Å². The molecule has 0 bridgehead atoms. The van der Waals surface area contributed by atoms with Gasteiger partial charge in [-0.3, -0.25) is 4.79 Å². The van der Waals surface area contributed by atoms with E-state index in [2.05, 4.69) is 10.0 Å². The first-order valence-electron chi connectivity index (χ1n) is 11.2. The van der Waals surface area contributed by atoms with Crippen molar-refractivity contribution in [3.05, 3.63) is 23.8 Å². The number of carbonyl (C=O) groups is 2. The Balaban J connectivity index is 1.99. The predicted octanol–water partition coefficient (Wildman–Crippen LogP) is 3.87. The van der Waals surface area contributed by atoms with Crippen LogP contribution in [-0.2, 0) is 19.6 Å². The summed E-state index contributed by atoms with van der Waals surface area (Å²) < 4.78 is 37.6. The Bertz CT molecular complexity index is 905. The Morgan fingerprint density at radius 2 is 1.78 bits per heavy atom. The maximum atomic E-state index is 12.8. The van der Waals surface area contributed by atoms with Crippen molar-refractivity contribution in [3.63, 3.8) is 0 Å². The second-order valence-electron chi connectivity index (χ2n) is 8.82. The van der Waals surface area contributed by atoms with Crippen LogP contribution < -0.4 is 14.8 Å². The molecule has 8 nitrogen and oxygen atoms in total. The standard InChI is InChI=1S/C23H36N2O6S/c1-6-14-31-20-15-18(12-13-19(20)22(27)30-5)24-21(26)16-8-10-17(11-9-16)25-32(28,29)23(3,4)7-2/h12-13,15-17,25H,6-11,14H2,1-5H3,(H,24,26). The van der Waals surface area contributed by atoms with E-state index in [0.717, 1.165) is 6.42 Å². The van der Waals surface area contributed by atoms with Gasteiger partial charge in [-0.1, -0.05) is 13.8 Å². The number of hydrogen-bond acceptors (Lipinski definition) is 6. The number of rotatable bonds is 10. The van der Waals surface area contributed by atoms with Gasteiger partial charge in [-0.25, -0.2) is 17.9 Å². The number of esters is 1. The fourth-order valence-corrected chi connectivity index (χ4v) is 4.87. The highest BCUT2D eigenvalue weighted by molar-refractivity contribution is 7.90. The molecule has 2 rings (SSSR count). The van der Waals surface area contributed by atoms with Crippen molar-refractivity contribution in [2.75, 3.05) is 19.0 Å². The van der Waals surface area contributed by atoms with Gasteiger partial charge in [0.25, 0.3) is 0 Å². The monoisotopic (exact) mass is 468 g/mol. The van der Waals surface area contributed by atoms with Gasteiger partial charge in [0.05, 0.1) is 18.5 Å². The number of methoxy groups -OCH3 is 1. The van der Waals surface area contributed by atoms with Crippen LogP contribution in [0.1, 0.15) is 76.6 Å². The molecule has 0 spiro atoms. The average molecular weight is 469 g/mol. The molecule has 1 aliphatic rings. The Morgan fingerprint density at radius 1 is 1.12 bits per heavy atom. The average Bonchev–Trinajstić information content (AvgIpc) is 2.77. The predicted molar refractivity (Wildman–Crippen MR) is 124 cm³/mol. The molecule has 0 heterocycles. The molecular weight excluding hydrogens is 432 g/mol. The van der Waals surface area contributed by atoms with Crippen LogP contribution in [0.4, 0.5) is 5.69 Å². The second kappa shape index (κ2) is 11.1. The Hall–Kier alpha value is -2.13. The van der Waals surface area contributed by atoms with Gasteiger partial charge in [0.15, 0.2) is 0 Å². The van der Waals surface area contributed by atoms with Gasteiger partial charge in [0.2, 0.25) is 15.9 Å². The summed E-state index contributed by atoms with van der Waals surface area (Å²) in [6.45, 7) is 7.70. The van der Waals surface area contributed by atoms with E-state index in [1.54, 1.807) is 32.0 Å². The minimum Gasteiger partial charge on any atom is -0.493 e. The number of anilines is 1. The van der Waals surface area contributed by atoms with Crippen LogP contribution in [0.5, 0.6) is 5.75 Å². The molecule has 2 N–H and O–H groups in total. The van der Waals surface area contributed by atoms with E-state index in [-0.39, 0.29) is 17.9 Å². The van der Waals surface area contributed by atoms with E-state index in [1.807, 2.05) is 13.8 Å². The molecule has 0 aromatic heterocycles. The SMILES string of the molecule is CCCOc1cc(NC(=O)C2CCC(NS(=O)(=O)C(C)(C)CC)CC2)ccc1C(=O)OC. The minimum atomic E-state index is -3.42. The number of nitrogens with one attached hydrogen (secondary N) is 2. The lowest BCUT2D eigenvalue weighted by molar-refractivity contribution is -0.120. The molecule has 32 heavy (non-hydrogen) atoms. The first-order chi connectivity index (χ1) is 15.0. The number of carbonyl (C=O) groups excluding carboxylic acids is 2. The van der Waals surface area contributed by atoms with Gasteiger partial charge in [-0.05, 0) is 64.5 Å². The molecule has 180 valence electrons. The van der Waals surface area contributed by atoms with Crippen molar-refractivity contribution >= 4 is 27.6 Å². The Kier molecular flexibility index (Phi) is 9.09. The van der Waals surface area contributed by atoms with Gasteiger partial charge < -0.3 is 14.8 Å². The Labute approximate surface area is 191 Å². The van der Waals surface area contributed by atoms with E-state index in [1.165, 1.54) is 7.11 Å². The van der Waals surface area contributed by atoms with E-state index < -0.39 is 20.7 Å². The normalized spacial score (nSPS) is 19.3. The lowest BCUT2D eigenvalue weighted by Gasteiger charge is -2.31. The molecule has 0 aliphatic heterocycles. The third kappa shape index (κ3) is 6.45. The van der Waals surface area contributed by atoms with Gasteiger partial charge in [-0.15, -0.1) is 0 Å². The molecule has 1 aliphatic carbocycles. The first-order valence-corrected chi connectivity index (χ1v) is 12.7. The summed E-state index contributed by atoms with van der Waals surface area (Å²) in [4.78, 5) is 24.7. The van der Waals surface area contributed by atoms with Crippen LogP contribution in [0, 0.1) is 5.92 Å². The van der Waals surface area contributed by atoms with E-state index in [0.29, 0.717) is 55.7 Å². The quantitative estimate of drug-likeness (QED) is 0.504. The van der Waals surface area contributed by atoms with Crippen LogP contribution in [-0.4, -0.2) is 44.8 Å². The Morgan fingerprint density at radius 3 is 2.34 bits per heavy atom. The summed E-state index contributed by atoms with van der Waals surface area (Å²) in [5.74, 6) is -0.447. The topological polar surface area (TPSA) is 111 Å². The van der Waals surface area contributed by atoms with Crippen LogP contribution in [0.25, 0.3) is 0 Å². The van der Waals surface area contributed by atoms with Crippen molar-refractivity contribution in [1.82, 2.24) is 4.72 Å². The first kappa shape index (κ1) is 26.1. The third-order valence-corrected chi connectivity index (χ3v) is 8.50. The minimum absolute atomic E-state index is 0.118. The molecule has 0 atom stereocenters. The van der Waals surface area contributed by atoms with E-state index in [4.69, 9.17) is 9.47 Å². The van der Waals surface area contributed by atoms with Crippen LogP contribution in [0.3, 0.4) is 0 Å². The molecule has 0 saturated heterocycles. The summed E-state index contributed by atoms with van der Waals surface area (Å²) >= 11 is 0. The van der Waals surface area contributed by atoms with Gasteiger partial charge in [0, 0.05) is 23.7 Å². The molecule has 0 radical (unpaired) electrons. The number of ether oxygens (including phenoxy) is 2. The zero-order valence-electron chi connectivity index (χ0n) is 19.7. The molecule has 1 saturated carbocycles. The highest BCUT2D eigenvalue weighted by Gasteiger charge is 2.36. The largest absolute Gasteiger partial charge is 0.493 e. The zero-order chi connectivity index (χ0) is 23.9. The van der Waals surface area contributed by atoms with Gasteiger partial charge >= 0.3 is 5.97 Å². The van der Waals surface area contributed by atoms with E-state index >= 15 is 0 Å². The summed E-state index contributed by atoms with van der Waals surface area (Å²) in [6.07, 6.45) is 3.74. The summed E-state index contributed by atoms with van der Waals surface area (Å²) in [5.41, 5.74) is 0.850. The third-order valence-electron chi connectivity index (χ3n) is 6.11. The molecule has 1 amide bonds. The maximum Gasteiger partial charge on any atom is 0.341 e. The number of benzene rings is 1. The number of sulfonamides is 1. The number of hydrogen-bond donors (Lipinski definition) is 2. The molecule has 1 aromatic carbocycles. The molecular formula is C23H36N2O6S. The molecule has 9 heteroatoms. The lowest BCUT2D eigenvalue weighted by atomic mass is 9.86. The smallest absolute Gasteiger partial charge is 0.341 e. The van der Waals surface area contributed by atoms with Crippen LogP contribution in [0.15, 0.2) is 18.2 Å². The summed E-state index contributed by atoms with van der Waals surface area (Å²) in [6, 6.07) is 4.71. The molecule has 1 fully saturated rings. The second-order valence-corrected chi connectivity index (χ2v) is 11.2. The van der Waals surface area contributed by atoms with Crippen LogP contribution >= 0.6 is 0 Å². The maximum absolute atomic E-state index is 12.8. The van der Waals surface area contributed by atoms with E-state index in [9.17, 15) is 18.0 Å². The number of amides is 1. The molecule has 1 aromatic rings.